The van der Waals surface area contributed by atoms with Crippen molar-refractivity contribution < 1.29 is 0 Å². The molecular formula is C13H16ClN3S2. The summed E-state index contributed by atoms with van der Waals surface area (Å²) in [5.41, 5.74) is 7.09. The van der Waals surface area contributed by atoms with E-state index in [-0.39, 0.29) is 6.04 Å². The highest BCUT2D eigenvalue weighted by Gasteiger charge is 2.10. The maximum absolute atomic E-state index is 6.07. The third kappa shape index (κ3) is 4.18. The smallest absolute Gasteiger partial charge is 0.174 e. The molecule has 6 heteroatoms. The van der Waals surface area contributed by atoms with Crippen molar-refractivity contribution >= 4 is 34.9 Å². The number of aryl methyl sites for hydroxylation is 1. The van der Waals surface area contributed by atoms with Crippen LogP contribution in [0.4, 0.5) is 0 Å². The van der Waals surface area contributed by atoms with Crippen LogP contribution in [0.1, 0.15) is 25.2 Å². The van der Waals surface area contributed by atoms with Crippen molar-refractivity contribution in [3.63, 3.8) is 0 Å². The molecule has 1 unspecified atom stereocenters. The van der Waals surface area contributed by atoms with Crippen LogP contribution in [0.25, 0.3) is 0 Å². The third-order valence-corrected chi connectivity index (χ3v) is 4.66. The van der Waals surface area contributed by atoms with E-state index in [9.17, 15) is 0 Å². The highest BCUT2D eigenvalue weighted by molar-refractivity contribution is 8.01. The van der Waals surface area contributed by atoms with E-state index in [1.165, 1.54) is 17.1 Å². The zero-order chi connectivity index (χ0) is 13.8. The highest BCUT2D eigenvalue weighted by atomic mass is 35.5. The van der Waals surface area contributed by atoms with Gasteiger partial charge in [-0.15, -0.1) is 0 Å². The minimum Gasteiger partial charge on any atom is -0.328 e. The van der Waals surface area contributed by atoms with Crippen LogP contribution in [0, 0.1) is 0 Å². The maximum atomic E-state index is 6.07. The van der Waals surface area contributed by atoms with E-state index in [1.807, 2.05) is 25.1 Å². The fourth-order valence-electron chi connectivity index (χ4n) is 1.66. The number of aromatic nitrogens is 2. The fraction of sp³-hybridized carbons (Fsp3) is 0.385. The first kappa shape index (κ1) is 14.8. The van der Waals surface area contributed by atoms with Gasteiger partial charge in [0.15, 0.2) is 4.34 Å². The van der Waals surface area contributed by atoms with Gasteiger partial charge in [-0.05, 0) is 42.6 Å². The van der Waals surface area contributed by atoms with Crippen LogP contribution in [0.3, 0.4) is 0 Å². The fourth-order valence-corrected chi connectivity index (χ4v) is 3.73. The molecule has 0 saturated carbocycles. The molecule has 3 nitrogen and oxygen atoms in total. The molecular weight excluding hydrogens is 298 g/mol. The van der Waals surface area contributed by atoms with Gasteiger partial charge in [-0.2, -0.15) is 4.37 Å². The zero-order valence-electron chi connectivity index (χ0n) is 10.9. The van der Waals surface area contributed by atoms with Crippen LogP contribution in [-0.2, 0) is 12.8 Å². The van der Waals surface area contributed by atoms with Crippen LogP contribution >= 0.6 is 34.9 Å². The first-order valence-corrected chi connectivity index (χ1v) is 8.09. The van der Waals surface area contributed by atoms with Gasteiger partial charge in [-0.3, -0.25) is 0 Å². The number of benzene rings is 1. The van der Waals surface area contributed by atoms with Gasteiger partial charge >= 0.3 is 0 Å². The Hall–Kier alpha value is -0.620. The van der Waals surface area contributed by atoms with Crippen molar-refractivity contribution in [2.45, 2.75) is 42.0 Å². The van der Waals surface area contributed by atoms with E-state index in [0.717, 1.165) is 32.9 Å². The van der Waals surface area contributed by atoms with Crippen LogP contribution in [0.2, 0.25) is 5.02 Å². The molecule has 0 saturated heterocycles. The molecule has 0 amide bonds. The summed E-state index contributed by atoms with van der Waals surface area (Å²) < 4.78 is 5.25. The molecule has 1 aromatic carbocycles. The third-order valence-electron chi connectivity index (χ3n) is 2.53. The molecule has 0 aliphatic rings. The van der Waals surface area contributed by atoms with Crippen molar-refractivity contribution in [3.05, 3.63) is 34.6 Å². The van der Waals surface area contributed by atoms with Crippen molar-refractivity contribution in [1.29, 1.82) is 0 Å². The first-order chi connectivity index (χ1) is 9.08. The minimum absolute atomic E-state index is 0.126. The molecule has 1 aromatic heterocycles. The van der Waals surface area contributed by atoms with Gasteiger partial charge in [-0.25, -0.2) is 4.98 Å². The Kier molecular flexibility index (Phi) is 5.21. The monoisotopic (exact) mass is 313 g/mol. The molecule has 1 atom stereocenters. The number of nitrogens with two attached hydrogens (primary N) is 1. The summed E-state index contributed by atoms with van der Waals surface area (Å²) in [5.74, 6) is 0.892. The van der Waals surface area contributed by atoms with E-state index in [4.69, 9.17) is 17.3 Å². The lowest BCUT2D eigenvalue weighted by molar-refractivity contribution is 0.729. The Labute approximate surface area is 126 Å². The topological polar surface area (TPSA) is 51.8 Å². The van der Waals surface area contributed by atoms with Crippen molar-refractivity contribution in [1.82, 2.24) is 9.36 Å². The molecule has 0 fully saturated rings. The normalized spacial score (nSPS) is 12.6. The molecule has 102 valence electrons. The maximum Gasteiger partial charge on any atom is 0.174 e. The molecule has 1 heterocycles. The second-order valence-electron chi connectivity index (χ2n) is 4.37. The lowest BCUT2D eigenvalue weighted by Gasteiger charge is -2.10. The van der Waals surface area contributed by atoms with Gasteiger partial charge in [0.25, 0.3) is 0 Å². The second kappa shape index (κ2) is 6.70. The van der Waals surface area contributed by atoms with Gasteiger partial charge in [-0.1, -0.05) is 36.4 Å². The Balaban J connectivity index is 2.24. The standard InChI is InChI=1S/C13H16ClN3S2/c1-3-12-16-13(19-17-12)18-11-7-10(14)5-4-9(11)6-8(2)15/h4-5,7-8H,3,6,15H2,1-2H3. The second-order valence-corrected chi connectivity index (χ2v) is 6.84. The van der Waals surface area contributed by atoms with Gasteiger partial charge in [0.1, 0.15) is 5.82 Å². The van der Waals surface area contributed by atoms with Gasteiger partial charge in [0.2, 0.25) is 0 Å². The summed E-state index contributed by atoms with van der Waals surface area (Å²) >= 11 is 9.12. The first-order valence-electron chi connectivity index (χ1n) is 6.13. The van der Waals surface area contributed by atoms with Crippen molar-refractivity contribution in [2.75, 3.05) is 0 Å². The predicted octanol–water partition coefficient (Wildman–Crippen LogP) is 3.79. The van der Waals surface area contributed by atoms with Crippen LogP contribution in [0.15, 0.2) is 27.4 Å². The van der Waals surface area contributed by atoms with Crippen LogP contribution in [-0.4, -0.2) is 15.4 Å². The lowest BCUT2D eigenvalue weighted by atomic mass is 10.1. The number of hydrogen-bond acceptors (Lipinski definition) is 5. The Morgan fingerprint density at radius 2 is 2.26 bits per heavy atom. The molecule has 0 bridgehead atoms. The van der Waals surface area contributed by atoms with E-state index in [2.05, 4.69) is 16.3 Å². The quantitative estimate of drug-likeness (QED) is 0.912. The number of rotatable bonds is 5. The van der Waals surface area contributed by atoms with Gasteiger partial charge < -0.3 is 5.73 Å². The summed E-state index contributed by atoms with van der Waals surface area (Å²) in [6.45, 7) is 4.06. The molecule has 19 heavy (non-hydrogen) atoms. The van der Waals surface area contributed by atoms with Crippen molar-refractivity contribution in [3.8, 4) is 0 Å². The zero-order valence-corrected chi connectivity index (χ0v) is 13.3. The Morgan fingerprint density at radius 1 is 1.47 bits per heavy atom. The van der Waals surface area contributed by atoms with Gasteiger partial charge in [0.05, 0.1) is 0 Å². The van der Waals surface area contributed by atoms with Crippen molar-refractivity contribution in [2.24, 2.45) is 5.73 Å². The minimum atomic E-state index is 0.126. The Morgan fingerprint density at radius 3 is 2.89 bits per heavy atom. The summed E-state index contributed by atoms with van der Waals surface area (Å²) in [4.78, 5) is 5.58. The molecule has 0 radical (unpaired) electrons. The summed E-state index contributed by atoms with van der Waals surface area (Å²) in [5, 5.41) is 0.733. The van der Waals surface area contributed by atoms with E-state index < -0.39 is 0 Å². The van der Waals surface area contributed by atoms with E-state index in [0.29, 0.717) is 0 Å². The molecule has 2 aromatic rings. The summed E-state index contributed by atoms with van der Waals surface area (Å²) in [6, 6.07) is 6.04. The Bertz CT molecular complexity index is 555. The lowest BCUT2D eigenvalue weighted by Crippen LogP contribution is -2.18. The molecule has 2 rings (SSSR count). The van der Waals surface area contributed by atoms with Crippen LogP contribution < -0.4 is 5.73 Å². The number of nitrogens with zero attached hydrogens (tertiary/aromatic N) is 2. The molecule has 2 N–H and O–H groups in total. The number of hydrogen-bond donors (Lipinski definition) is 1. The van der Waals surface area contributed by atoms with Crippen LogP contribution in [0.5, 0.6) is 0 Å². The average molecular weight is 314 g/mol. The highest BCUT2D eigenvalue weighted by Crippen LogP contribution is 2.34. The number of halogens is 1. The average Bonchev–Trinajstić information content (AvgIpc) is 2.80. The van der Waals surface area contributed by atoms with Gasteiger partial charge in [0, 0.05) is 22.4 Å². The summed E-state index contributed by atoms with van der Waals surface area (Å²) in [7, 11) is 0. The molecule has 0 spiro atoms. The summed E-state index contributed by atoms with van der Waals surface area (Å²) in [6.07, 6.45) is 1.69. The SMILES string of the molecule is CCc1nsc(Sc2cc(Cl)ccc2CC(C)N)n1. The largest absolute Gasteiger partial charge is 0.328 e. The molecule has 0 aliphatic heterocycles. The predicted molar refractivity (Wildman–Crippen MR) is 82.2 cm³/mol. The molecule has 0 aliphatic carbocycles. The van der Waals surface area contributed by atoms with E-state index in [1.54, 1.807) is 11.8 Å². The van der Waals surface area contributed by atoms with E-state index >= 15 is 0 Å².